The normalized spacial score (nSPS) is 10.1. The van der Waals surface area contributed by atoms with Gasteiger partial charge in [-0.2, -0.15) is 0 Å². The average Bonchev–Trinajstić information content (AvgIpc) is 2.46. The number of amides is 2. The molecule has 8 heteroatoms. The van der Waals surface area contributed by atoms with Crippen molar-refractivity contribution in [3.05, 3.63) is 35.4 Å². The van der Waals surface area contributed by atoms with Gasteiger partial charge in [0, 0.05) is 12.1 Å². The highest BCUT2D eigenvalue weighted by Crippen LogP contribution is 2.08. The van der Waals surface area contributed by atoms with Crippen molar-refractivity contribution in [2.45, 2.75) is 13.3 Å². The highest BCUT2D eigenvalue weighted by molar-refractivity contribution is 5.96. The van der Waals surface area contributed by atoms with Crippen LogP contribution in [-0.2, 0) is 9.59 Å². The Kier molecular flexibility index (Phi) is 6.43. The Bertz CT molecular complexity index is 578. The number of benzene rings is 1. The van der Waals surface area contributed by atoms with Gasteiger partial charge < -0.3 is 15.3 Å². The monoisotopic (exact) mass is 314 g/mol. The summed E-state index contributed by atoms with van der Waals surface area (Å²) in [6.07, 6.45) is 0.566. The molecule has 0 aromatic heterocycles. The maximum absolute atomic E-state index is 13.0. The molecule has 0 radical (unpaired) electrons. The smallest absolute Gasteiger partial charge is 0.323 e. The second kappa shape index (κ2) is 8.06. The minimum absolute atomic E-state index is 0.132. The van der Waals surface area contributed by atoms with Crippen molar-refractivity contribution in [3.8, 4) is 0 Å². The van der Waals surface area contributed by atoms with Crippen LogP contribution in [0.3, 0.4) is 0 Å². The van der Waals surface area contributed by atoms with Gasteiger partial charge in [-0.05, 0) is 24.6 Å². The highest BCUT2D eigenvalue weighted by atomic mass is 19.2. The van der Waals surface area contributed by atoms with Gasteiger partial charge in [0.2, 0.25) is 5.91 Å². The summed E-state index contributed by atoms with van der Waals surface area (Å²) in [5.41, 5.74) is -0.132. The predicted octanol–water partition coefficient (Wildman–Crippen LogP) is 1.02. The molecule has 0 unspecified atom stereocenters. The molecule has 0 fully saturated rings. The molecule has 2 N–H and O–H groups in total. The Balaban J connectivity index is 2.62. The fourth-order valence-corrected chi connectivity index (χ4v) is 1.73. The molecule has 120 valence electrons. The van der Waals surface area contributed by atoms with Crippen LogP contribution in [0, 0.1) is 11.6 Å². The predicted molar refractivity (Wildman–Crippen MR) is 73.2 cm³/mol. The summed E-state index contributed by atoms with van der Waals surface area (Å²) in [6.45, 7) is 1.13. The summed E-state index contributed by atoms with van der Waals surface area (Å²) in [7, 11) is 0. The van der Waals surface area contributed by atoms with Crippen LogP contribution in [0.5, 0.6) is 0 Å². The number of aliphatic carboxylic acids is 1. The van der Waals surface area contributed by atoms with Crippen molar-refractivity contribution >= 4 is 17.8 Å². The van der Waals surface area contributed by atoms with Crippen molar-refractivity contribution in [2.24, 2.45) is 0 Å². The molecule has 0 saturated heterocycles. The van der Waals surface area contributed by atoms with Gasteiger partial charge in [-0.3, -0.25) is 14.4 Å². The number of nitrogens with zero attached hydrogens (tertiary/aromatic N) is 1. The summed E-state index contributed by atoms with van der Waals surface area (Å²) in [5.74, 6) is -4.73. The maximum Gasteiger partial charge on any atom is 0.323 e. The molecule has 0 saturated carbocycles. The van der Waals surface area contributed by atoms with E-state index in [1.165, 1.54) is 0 Å². The van der Waals surface area contributed by atoms with Crippen LogP contribution in [0.1, 0.15) is 23.7 Å². The van der Waals surface area contributed by atoms with Gasteiger partial charge in [0.25, 0.3) is 5.91 Å². The Morgan fingerprint density at radius 2 is 1.91 bits per heavy atom. The number of carboxylic acid groups (broad SMARTS) is 1. The molecular formula is C14H16F2N2O4. The molecule has 22 heavy (non-hydrogen) atoms. The van der Waals surface area contributed by atoms with Gasteiger partial charge in [-0.25, -0.2) is 8.78 Å². The number of hydrogen-bond acceptors (Lipinski definition) is 3. The van der Waals surface area contributed by atoms with E-state index in [0.29, 0.717) is 6.42 Å². The number of hydrogen-bond donors (Lipinski definition) is 2. The summed E-state index contributed by atoms with van der Waals surface area (Å²) >= 11 is 0. The van der Waals surface area contributed by atoms with Crippen molar-refractivity contribution < 1.29 is 28.3 Å². The SMILES string of the molecule is CCCN(CC(=O)O)C(=O)CNC(=O)c1ccc(F)c(F)c1. The highest BCUT2D eigenvalue weighted by Gasteiger charge is 2.17. The largest absolute Gasteiger partial charge is 0.480 e. The second-order valence-corrected chi connectivity index (χ2v) is 4.52. The first-order valence-electron chi connectivity index (χ1n) is 6.58. The molecule has 1 aromatic carbocycles. The summed E-state index contributed by atoms with van der Waals surface area (Å²) in [6, 6.07) is 2.61. The Morgan fingerprint density at radius 3 is 2.45 bits per heavy atom. The van der Waals surface area contributed by atoms with Crippen molar-refractivity contribution in [3.63, 3.8) is 0 Å². The zero-order valence-electron chi connectivity index (χ0n) is 11.9. The average molecular weight is 314 g/mol. The summed E-state index contributed by atoms with van der Waals surface area (Å²) < 4.78 is 25.8. The first kappa shape index (κ1) is 17.5. The van der Waals surface area contributed by atoms with E-state index in [1.807, 2.05) is 0 Å². The first-order valence-corrected chi connectivity index (χ1v) is 6.58. The molecule has 0 aliphatic carbocycles. The number of carbonyl (C=O) groups excluding carboxylic acids is 2. The summed E-state index contributed by atoms with van der Waals surface area (Å²) in [5, 5.41) is 11.0. The molecule has 1 rings (SSSR count). The molecule has 6 nitrogen and oxygen atoms in total. The lowest BCUT2D eigenvalue weighted by atomic mass is 10.2. The van der Waals surface area contributed by atoms with Gasteiger partial charge in [-0.15, -0.1) is 0 Å². The van der Waals surface area contributed by atoms with E-state index in [-0.39, 0.29) is 12.1 Å². The molecule has 0 aliphatic heterocycles. The Labute approximate surface area is 125 Å². The number of rotatable bonds is 7. The topological polar surface area (TPSA) is 86.7 Å². The lowest BCUT2D eigenvalue weighted by molar-refractivity contribution is -0.144. The summed E-state index contributed by atoms with van der Waals surface area (Å²) in [4.78, 5) is 35.3. The van der Waals surface area contributed by atoms with E-state index in [0.717, 1.165) is 23.1 Å². The zero-order valence-corrected chi connectivity index (χ0v) is 11.9. The second-order valence-electron chi connectivity index (χ2n) is 4.52. The van der Waals surface area contributed by atoms with E-state index in [4.69, 9.17) is 5.11 Å². The molecule has 0 heterocycles. The molecule has 0 atom stereocenters. The van der Waals surface area contributed by atoms with Crippen molar-refractivity contribution in [1.82, 2.24) is 10.2 Å². The molecule has 0 spiro atoms. The van der Waals surface area contributed by atoms with E-state index in [2.05, 4.69) is 5.32 Å². The van der Waals surface area contributed by atoms with Crippen LogP contribution in [-0.4, -0.2) is 47.4 Å². The number of carbonyl (C=O) groups is 3. The van der Waals surface area contributed by atoms with Gasteiger partial charge in [0.05, 0.1) is 6.54 Å². The van der Waals surface area contributed by atoms with Crippen molar-refractivity contribution in [1.29, 1.82) is 0 Å². The van der Waals surface area contributed by atoms with Crippen LogP contribution >= 0.6 is 0 Å². The van der Waals surface area contributed by atoms with E-state index in [1.54, 1.807) is 6.92 Å². The van der Waals surface area contributed by atoms with Crippen LogP contribution in [0.4, 0.5) is 8.78 Å². The molecule has 0 bridgehead atoms. The third kappa shape index (κ3) is 5.12. The number of halogens is 2. The van der Waals surface area contributed by atoms with Crippen molar-refractivity contribution in [2.75, 3.05) is 19.6 Å². The standard InChI is InChI=1S/C14H16F2N2O4/c1-2-5-18(8-13(20)21)12(19)7-17-14(22)9-3-4-10(15)11(16)6-9/h3-4,6H,2,5,7-8H2,1H3,(H,17,22)(H,20,21). The quantitative estimate of drug-likeness (QED) is 0.786. The Hall–Kier alpha value is -2.51. The molecule has 2 amide bonds. The fourth-order valence-electron chi connectivity index (χ4n) is 1.73. The first-order chi connectivity index (χ1) is 10.3. The third-order valence-electron chi connectivity index (χ3n) is 2.75. The number of carboxylic acids is 1. The lowest BCUT2D eigenvalue weighted by Crippen LogP contribution is -2.42. The molecule has 1 aromatic rings. The van der Waals surface area contributed by atoms with Crippen LogP contribution in [0.25, 0.3) is 0 Å². The van der Waals surface area contributed by atoms with E-state index in [9.17, 15) is 23.2 Å². The van der Waals surface area contributed by atoms with E-state index >= 15 is 0 Å². The molecular weight excluding hydrogens is 298 g/mol. The lowest BCUT2D eigenvalue weighted by Gasteiger charge is -2.20. The molecule has 0 aliphatic rings. The fraction of sp³-hybridized carbons (Fsp3) is 0.357. The minimum Gasteiger partial charge on any atom is -0.480 e. The Morgan fingerprint density at radius 1 is 1.23 bits per heavy atom. The van der Waals surface area contributed by atoms with Gasteiger partial charge in [-0.1, -0.05) is 6.92 Å². The zero-order chi connectivity index (χ0) is 16.7. The van der Waals surface area contributed by atoms with Crippen LogP contribution < -0.4 is 5.32 Å². The van der Waals surface area contributed by atoms with Crippen LogP contribution in [0.2, 0.25) is 0 Å². The maximum atomic E-state index is 13.0. The van der Waals surface area contributed by atoms with Crippen LogP contribution in [0.15, 0.2) is 18.2 Å². The third-order valence-corrected chi connectivity index (χ3v) is 2.75. The van der Waals surface area contributed by atoms with E-state index < -0.39 is 42.5 Å². The number of nitrogens with one attached hydrogen (secondary N) is 1. The van der Waals surface area contributed by atoms with Gasteiger partial charge >= 0.3 is 5.97 Å². The van der Waals surface area contributed by atoms with Gasteiger partial charge in [0.1, 0.15) is 6.54 Å². The minimum atomic E-state index is -1.17. The van der Waals surface area contributed by atoms with Gasteiger partial charge in [0.15, 0.2) is 11.6 Å².